The Morgan fingerprint density at radius 1 is 0.583 bits per heavy atom. The zero-order valence-corrected chi connectivity index (χ0v) is 14.2. The number of aryl methyl sites for hydroxylation is 1. The van der Waals surface area contributed by atoms with Crippen molar-refractivity contribution in [2.75, 3.05) is 0 Å². The van der Waals surface area contributed by atoms with Gasteiger partial charge < -0.3 is 0 Å². The minimum absolute atomic E-state index is 1.30. The topological polar surface area (TPSA) is 0 Å². The third-order valence-corrected chi connectivity index (χ3v) is 5.97. The summed E-state index contributed by atoms with van der Waals surface area (Å²) in [5.41, 5.74) is 3.94. The van der Waals surface area contributed by atoms with Gasteiger partial charge in [0.2, 0.25) is 0 Å². The van der Waals surface area contributed by atoms with Gasteiger partial charge in [-0.25, -0.2) is 0 Å². The van der Waals surface area contributed by atoms with Crippen LogP contribution in [0.3, 0.4) is 0 Å². The van der Waals surface area contributed by atoms with Crippen LogP contribution in [-0.4, -0.2) is 0 Å². The Morgan fingerprint density at radius 3 is 2.17 bits per heavy atom. The van der Waals surface area contributed by atoms with E-state index >= 15 is 0 Å². The summed E-state index contributed by atoms with van der Waals surface area (Å²) in [7, 11) is 0. The maximum Gasteiger partial charge on any atom is 0.0361 e. The van der Waals surface area contributed by atoms with Gasteiger partial charge in [0.25, 0.3) is 0 Å². The van der Waals surface area contributed by atoms with Crippen LogP contribution in [0.15, 0.2) is 78.9 Å². The molecule has 0 radical (unpaired) electrons. The van der Waals surface area contributed by atoms with Gasteiger partial charge in [0, 0.05) is 20.2 Å². The molecule has 0 aliphatic heterocycles. The Kier molecular flexibility index (Phi) is 2.97. The first-order valence-electron chi connectivity index (χ1n) is 8.21. The second-order valence-corrected chi connectivity index (χ2v) is 7.37. The molecule has 114 valence electrons. The van der Waals surface area contributed by atoms with Gasteiger partial charge in [-0.1, -0.05) is 66.7 Å². The highest BCUT2D eigenvalue weighted by molar-refractivity contribution is 7.25. The second kappa shape index (κ2) is 5.19. The molecule has 1 heterocycles. The van der Waals surface area contributed by atoms with E-state index < -0.39 is 0 Å². The van der Waals surface area contributed by atoms with Crippen molar-refractivity contribution >= 4 is 42.3 Å². The summed E-state index contributed by atoms with van der Waals surface area (Å²) < 4.78 is 2.72. The van der Waals surface area contributed by atoms with Crippen molar-refractivity contribution in [2.24, 2.45) is 0 Å². The molecule has 0 unspecified atom stereocenters. The maximum atomic E-state index is 2.34. The zero-order chi connectivity index (χ0) is 16.1. The average Bonchev–Trinajstić information content (AvgIpc) is 3.00. The van der Waals surface area contributed by atoms with Crippen molar-refractivity contribution in [3.05, 3.63) is 84.4 Å². The van der Waals surface area contributed by atoms with E-state index in [1.807, 2.05) is 11.3 Å². The minimum atomic E-state index is 1.30. The van der Waals surface area contributed by atoms with E-state index in [-0.39, 0.29) is 0 Å². The normalized spacial score (nSPS) is 11.5. The molecule has 0 atom stereocenters. The number of hydrogen-bond donors (Lipinski definition) is 0. The molecule has 1 heteroatoms. The summed E-state index contributed by atoms with van der Waals surface area (Å²) in [6.45, 7) is 2.18. The molecule has 0 N–H and O–H groups in total. The van der Waals surface area contributed by atoms with Gasteiger partial charge in [-0.15, -0.1) is 11.3 Å². The Hall–Kier alpha value is -2.64. The van der Waals surface area contributed by atoms with Gasteiger partial charge in [0.1, 0.15) is 0 Å². The molecule has 1 aromatic heterocycles. The molecule has 5 rings (SSSR count). The Bertz CT molecular complexity index is 1210. The van der Waals surface area contributed by atoms with Crippen LogP contribution in [0.25, 0.3) is 42.1 Å². The number of benzene rings is 4. The lowest BCUT2D eigenvalue weighted by Gasteiger charge is -2.09. The zero-order valence-electron chi connectivity index (χ0n) is 13.4. The molecular formula is C23H16S. The maximum absolute atomic E-state index is 2.34. The minimum Gasteiger partial charge on any atom is -0.135 e. The number of rotatable bonds is 1. The Morgan fingerprint density at radius 2 is 1.29 bits per heavy atom. The molecule has 0 saturated heterocycles. The third kappa shape index (κ3) is 1.98. The fourth-order valence-electron chi connectivity index (χ4n) is 3.59. The number of fused-ring (bicyclic) bond motifs is 4. The lowest BCUT2D eigenvalue weighted by molar-refractivity contribution is 1.53. The van der Waals surface area contributed by atoms with E-state index in [0.717, 1.165) is 0 Å². The molecular weight excluding hydrogens is 308 g/mol. The second-order valence-electron chi connectivity index (χ2n) is 6.28. The van der Waals surface area contributed by atoms with Crippen molar-refractivity contribution < 1.29 is 0 Å². The average molecular weight is 324 g/mol. The third-order valence-electron chi connectivity index (χ3n) is 4.83. The van der Waals surface area contributed by atoms with Crippen molar-refractivity contribution in [1.29, 1.82) is 0 Å². The molecule has 0 aliphatic rings. The van der Waals surface area contributed by atoms with E-state index in [1.54, 1.807) is 0 Å². The van der Waals surface area contributed by atoms with E-state index in [4.69, 9.17) is 0 Å². The molecule has 4 aromatic carbocycles. The highest BCUT2D eigenvalue weighted by Gasteiger charge is 2.09. The fourth-order valence-corrected chi connectivity index (χ4v) is 4.74. The lowest BCUT2D eigenvalue weighted by Crippen LogP contribution is -1.84. The molecule has 0 bridgehead atoms. The first kappa shape index (κ1) is 13.8. The van der Waals surface area contributed by atoms with Crippen LogP contribution in [0.1, 0.15) is 5.56 Å². The van der Waals surface area contributed by atoms with Crippen molar-refractivity contribution in [3.63, 3.8) is 0 Å². The Labute approximate surface area is 145 Å². The quantitative estimate of drug-likeness (QED) is 0.306. The highest BCUT2D eigenvalue weighted by atomic mass is 32.1. The lowest BCUT2D eigenvalue weighted by atomic mass is 9.95. The van der Waals surface area contributed by atoms with Gasteiger partial charge in [-0.05, 0) is 46.5 Å². The molecule has 24 heavy (non-hydrogen) atoms. The largest absolute Gasteiger partial charge is 0.135 e. The van der Waals surface area contributed by atoms with Crippen LogP contribution < -0.4 is 0 Å². The van der Waals surface area contributed by atoms with Gasteiger partial charge in [0.05, 0.1) is 0 Å². The van der Waals surface area contributed by atoms with Crippen molar-refractivity contribution in [2.45, 2.75) is 6.92 Å². The molecule has 0 fully saturated rings. The van der Waals surface area contributed by atoms with Gasteiger partial charge >= 0.3 is 0 Å². The van der Waals surface area contributed by atoms with E-state index in [2.05, 4.69) is 85.8 Å². The van der Waals surface area contributed by atoms with Crippen molar-refractivity contribution in [3.8, 4) is 11.1 Å². The first-order valence-corrected chi connectivity index (χ1v) is 9.03. The van der Waals surface area contributed by atoms with Crippen LogP contribution in [0.4, 0.5) is 0 Å². The van der Waals surface area contributed by atoms with Gasteiger partial charge in [-0.2, -0.15) is 0 Å². The summed E-state index contributed by atoms with van der Waals surface area (Å²) in [5.74, 6) is 0. The van der Waals surface area contributed by atoms with Crippen LogP contribution >= 0.6 is 11.3 Å². The highest BCUT2D eigenvalue weighted by Crippen LogP contribution is 2.38. The smallest absolute Gasteiger partial charge is 0.0361 e. The fraction of sp³-hybridized carbons (Fsp3) is 0.0435. The van der Waals surface area contributed by atoms with Crippen molar-refractivity contribution in [1.82, 2.24) is 0 Å². The monoisotopic (exact) mass is 324 g/mol. The van der Waals surface area contributed by atoms with Gasteiger partial charge in [0.15, 0.2) is 0 Å². The first-order chi connectivity index (χ1) is 11.8. The van der Waals surface area contributed by atoms with Crippen LogP contribution in [0.2, 0.25) is 0 Å². The summed E-state index contributed by atoms with van der Waals surface area (Å²) >= 11 is 1.88. The predicted octanol–water partition coefficient (Wildman–Crippen LogP) is 7.18. The molecule has 0 amide bonds. The predicted molar refractivity (Wildman–Crippen MR) is 107 cm³/mol. The van der Waals surface area contributed by atoms with Crippen LogP contribution in [0, 0.1) is 6.92 Å². The van der Waals surface area contributed by atoms with Crippen LogP contribution in [-0.2, 0) is 0 Å². The molecule has 0 aliphatic carbocycles. The molecule has 5 aromatic rings. The summed E-state index contributed by atoms with van der Waals surface area (Å²) in [6.07, 6.45) is 0. The molecule has 0 spiro atoms. The van der Waals surface area contributed by atoms with Crippen LogP contribution in [0.5, 0.6) is 0 Å². The summed E-state index contributed by atoms with van der Waals surface area (Å²) in [5, 5.41) is 5.39. The number of hydrogen-bond acceptors (Lipinski definition) is 1. The summed E-state index contributed by atoms with van der Waals surface area (Å²) in [6, 6.07) is 28.7. The molecule has 0 saturated carbocycles. The number of thiophene rings is 1. The van der Waals surface area contributed by atoms with E-state index in [0.29, 0.717) is 0 Å². The molecule has 0 nitrogen and oxygen atoms in total. The summed E-state index contributed by atoms with van der Waals surface area (Å²) in [4.78, 5) is 0. The SMILES string of the molecule is Cc1ccc(-c2ccc3c(c2)sc2ccccc23)c2ccccc12. The van der Waals surface area contributed by atoms with Gasteiger partial charge in [-0.3, -0.25) is 0 Å². The van der Waals surface area contributed by atoms with E-state index in [1.165, 1.54) is 47.6 Å². The van der Waals surface area contributed by atoms with E-state index in [9.17, 15) is 0 Å². The Balaban J connectivity index is 1.81. The standard InChI is InChI=1S/C23H16S/c1-15-10-12-18(19-7-3-2-6-17(15)19)16-11-13-21-20-8-4-5-9-22(20)24-23(21)14-16/h2-14H,1H3.